The Kier molecular flexibility index (Phi) is 4.50. The van der Waals surface area contributed by atoms with Gasteiger partial charge in [0.05, 0.1) is 0 Å². The molecule has 0 aliphatic heterocycles. The molecule has 2 rings (SSSR count). The number of hydrogen-bond acceptors (Lipinski definition) is 3. The van der Waals surface area contributed by atoms with Crippen molar-refractivity contribution >= 4 is 15.9 Å². The summed E-state index contributed by atoms with van der Waals surface area (Å²) in [6.45, 7) is 1.81. The van der Waals surface area contributed by atoms with Crippen LogP contribution in [0, 0.1) is 5.82 Å². The maximum absolute atomic E-state index is 13.7. The predicted molar refractivity (Wildman–Crippen MR) is 75.4 cm³/mol. The van der Waals surface area contributed by atoms with Crippen LogP contribution < -0.4 is 10.5 Å². The topological polar surface area (TPSA) is 48.1 Å². The first-order valence-electron chi connectivity index (χ1n) is 5.85. The van der Waals surface area contributed by atoms with Crippen molar-refractivity contribution in [2.45, 2.75) is 19.1 Å². The standard InChI is InChI=1S/C14H14BrFN2O/c1-9(17)14(10-3-2-6-18-8-10)19-13-7-11(15)4-5-12(13)16/h2-9,14H,17H2,1H3. The lowest BCUT2D eigenvalue weighted by Crippen LogP contribution is -2.29. The van der Waals surface area contributed by atoms with Crippen LogP contribution in [0.5, 0.6) is 5.75 Å². The van der Waals surface area contributed by atoms with Crippen LogP contribution in [-0.2, 0) is 0 Å². The van der Waals surface area contributed by atoms with Gasteiger partial charge in [-0.2, -0.15) is 0 Å². The minimum Gasteiger partial charge on any atom is -0.481 e. The van der Waals surface area contributed by atoms with Gasteiger partial charge in [-0.3, -0.25) is 4.98 Å². The summed E-state index contributed by atoms with van der Waals surface area (Å²) < 4.78 is 20.2. The van der Waals surface area contributed by atoms with Gasteiger partial charge in [0, 0.05) is 28.5 Å². The fourth-order valence-electron chi connectivity index (χ4n) is 1.73. The number of pyridine rings is 1. The monoisotopic (exact) mass is 324 g/mol. The molecule has 0 bridgehead atoms. The Bertz CT molecular complexity index is 548. The fraction of sp³-hybridized carbons (Fsp3) is 0.214. The van der Waals surface area contributed by atoms with E-state index in [0.717, 1.165) is 10.0 Å². The van der Waals surface area contributed by atoms with Crippen molar-refractivity contribution < 1.29 is 9.13 Å². The molecule has 1 heterocycles. The van der Waals surface area contributed by atoms with Crippen molar-refractivity contribution in [3.63, 3.8) is 0 Å². The second kappa shape index (κ2) is 6.12. The highest BCUT2D eigenvalue weighted by atomic mass is 79.9. The Balaban J connectivity index is 2.29. The molecule has 0 spiro atoms. The molecule has 0 aliphatic rings. The molecule has 3 nitrogen and oxygen atoms in total. The van der Waals surface area contributed by atoms with Crippen molar-refractivity contribution in [3.8, 4) is 5.75 Å². The summed E-state index contributed by atoms with van der Waals surface area (Å²) in [4.78, 5) is 4.03. The lowest BCUT2D eigenvalue weighted by molar-refractivity contribution is 0.172. The molecule has 2 unspecified atom stereocenters. The van der Waals surface area contributed by atoms with Crippen molar-refractivity contribution in [3.05, 3.63) is 58.6 Å². The molecule has 5 heteroatoms. The van der Waals surface area contributed by atoms with Gasteiger partial charge in [0.15, 0.2) is 11.6 Å². The maximum atomic E-state index is 13.7. The molecule has 100 valence electrons. The average molecular weight is 325 g/mol. The highest BCUT2D eigenvalue weighted by Gasteiger charge is 2.20. The first-order valence-corrected chi connectivity index (χ1v) is 6.64. The Morgan fingerprint density at radius 3 is 2.79 bits per heavy atom. The van der Waals surface area contributed by atoms with Gasteiger partial charge in [-0.05, 0) is 31.2 Å². The number of nitrogens with zero attached hydrogens (tertiary/aromatic N) is 1. The molecule has 0 aliphatic carbocycles. The van der Waals surface area contributed by atoms with Gasteiger partial charge in [-0.15, -0.1) is 0 Å². The van der Waals surface area contributed by atoms with Gasteiger partial charge in [-0.1, -0.05) is 22.0 Å². The summed E-state index contributed by atoms with van der Waals surface area (Å²) in [5.41, 5.74) is 6.73. The summed E-state index contributed by atoms with van der Waals surface area (Å²) in [6, 6.07) is 7.92. The van der Waals surface area contributed by atoms with Crippen molar-refractivity contribution in [1.82, 2.24) is 4.98 Å². The van der Waals surface area contributed by atoms with Gasteiger partial charge < -0.3 is 10.5 Å². The summed E-state index contributed by atoms with van der Waals surface area (Å²) in [5.74, 6) is -0.252. The SMILES string of the molecule is CC(N)C(Oc1cc(Br)ccc1F)c1cccnc1. The predicted octanol–water partition coefficient (Wildman–Crippen LogP) is 3.45. The maximum Gasteiger partial charge on any atom is 0.165 e. The smallest absolute Gasteiger partial charge is 0.165 e. The van der Waals surface area contributed by atoms with E-state index in [9.17, 15) is 4.39 Å². The number of benzene rings is 1. The summed E-state index contributed by atoms with van der Waals surface area (Å²) in [7, 11) is 0. The molecule has 2 atom stereocenters. The Hall–Kier alpha value is -1.46. The highest BCUT2D eigenvalue weighted by Crippen LogP contribution is 2.28. The van der Waals surface area contributed by atoms with E-state index < -0.39 is 11.9 Å². The van der Waals surface area contributed by atoms with E-state index in [1.54, 1.807) is 30.6 Å². The van der Waals surface area contributed by atoms with E-state index in [2.05, 4.69) is 20.9 Å². The summed E-state index contributed by atoms with van der Waals surface area (Å²) in [5, 5.41) is 0. The number of ether oxygens (including phenoxy) is 1. The van der Waals surface area contributed by atoms with Crippen molar-refractivity contribution in [2.75, 3.05) is 0 Å². The summed E-state index contributed by atoms with van der Waals surface area (Å²) in [6.07, 6.45) is 2.89. The molecule has 0 amide bonds. The Morgan fingerprint density at radius 2 is 2.16 bits per heavy atom. The Labute approximate surface area is 119 Å². The Morgan fingerprint density at radius 1 is 1.37 bits per heavy atom. The number of halogens is 2. The molecular weight excluding hydrogens is 311 g/mol. The second-order valence-electron chi connectivity index (χ2n) is 4.26. The highest BCUT2D eigenvalue weighted by molar-refractivity contribution is 9.10. The quantitative estimate of drug-likeness (QED) is 0.937. The molecule has 2 aromatic rings. The minimum atomic E-state index is -0.447. The summed E-state index contributed by atoms with van der Waals surface area (Å²) >= 11 is 3.29. The zero-order chi connectivity index (χ0) is 13.8. The molecule has 0 saturated carbocycles. The molecule has 19 heavy (non-hydrogen) atoms. The van der Waals surface area contributed by atoms with Crippen molar-refractivity contribution in [2.24, 2.45) is 5.73 Å². The lowest BCUT2D eigenvalue weighted by Gasteiger charge is -2.23. The first-order chi connectivity index (χ1) is 9.08. The molecule has 0 saturated heterocycles. The van der Waals surface area contributed by atoms with Crippen LogP contribution in [0.1, 0.15) is 18.6 Å². The van der Waals surface area contributed by atoms with Gasteiger partial charge in [0.1, 0.15) is 6.10 Å². The van der Waals surface area contributed by atoms with Gasteiger partial charge in [0.25, 0.3) is 0 Å². The third kappa shape index (κ3) is 3.52. The van der Waals surface area contributed by atoms with E-state index in [-0.39, 0.29) is 11.8 Å². The van der Waals surface area contributed by atoms with Crippen LogP contribution in [0.15, 0.2) is 47.2 Å². The first kappa shape index (κ1) is 14.0. The van der Waals surface area contributed by atoms with Crippen molar-refractivity contribution in [1.29, 1.82) is 0 Å². The molecule has 1 aromatic carbocycles. The van der Waals surface area contributed by atoms with E-state index in [1.165, 1.54) is 6.07 Å². The zero-order valence-electron chi connectivity index (χ0n) is 10.4. The lowest BCUT2D eigenvalue weighted by atomic mass is 10.1. The third-order valence-electron chi connectivity index (χ3n) is 2.64. The van der Waals surface area contributed by atoms with E-state index in [0.29, 0.717) is 0 Å². The van der Waals surface area contributed by atoms with Crippen LogP contribution >= 0.6 is 15.9 Å². The van der Waals surface area contributed by atoms with Crippen LogP contribution in [0.3, 0.4) is 0 Å². The number of aromatic nitrogens is 1. The van der Waals surface area contributed by atoms with Crippen LogP contribution in [0.4, 0.5) is 4.39 Å². The molecular formula is C14H14BrFN2O. The van der Waals surface area contributed by atoms with Gasteiger partial charge >= 0.3 is 0 Å². The van der Waals surface area contributed by atoms with Crippen LogP contribution in [0.25, 0.3) is 0 Å². The number of rotatable bonds is 4. The van der Waals surface area contributed by atoms with Crippen LogP contribution in [0.2, 0.25) is 0 Å². The molecule has 2 N–H and O–H groups in total. The van der Waals surface area contributed by atoms with Gasteiger partial charge in [-0.25, -0.2) is 4.39 Å². The minimum absolute atomic E-state index is 0.167. The average Bonchev–Trinajstić information content (AvgIpc) is 2.40. The molecule has 0 radical (unpaired) electrons. The van der Waals surface area contributed by atoms with E-state index >= 15 is 0 Å². The largest absolute Gasteiger partial charge is 0.481 e. The zero-order valence-corrected chi connectivity index (χ0v) is 12.0. The third-order valence-corrected chi connectivity index (χ3v) is 3.13. The number of hydrogen-bond donors (Lipinski definition) is 1. The molecule has 0 fully saturated rings. The number of nitrogens with two attached hydrogens (primary N) is 1. The second-order valence-corrected chi connectivity index (χ2v) is 5.17. The van der Waals surface area contributed by atoms with Crippen LogP contribution in [-0.4, -0.2) is 11.0 Å². The van der Waals surface area contributed by atoms with E-state index in [1.807, 2.05) is 13.0 Å². The normalized spacial score (nSPS) is 13.9. The van der Waals surface area contributed by atoms with E-state index in [4.69, 9.17) is 10.5 Å². The van der Waals surface area contributed by atoms with Gasteiger partial charge in [0.2, 0.25) is 0 Å². The molecule has 1 aromatic heterocycles. The fourth-order valence-corrected chi connectivity index (χ4v) is 2.07.